The van der Waals surface area contributed by atoms with Crippen molar-refractivity contribution in [3.05, 3.63) is 42.5 Å². The number of aliphatic hydroxyl groups is 1. The maximum absolute atomic E-state index is 7.00. The van der Waals surface area contributed by atoms with Crippen molar-refractivity contribution in [3.63, 3.8) is 0 Å². The van der Waals surface area contributed by atoms with E-state index in [4.69, 9.17) is 10.8 Å². The second-order valence-electron chi connectivity index (χ2n) is 2.92. The second kappa shape index (κ2) is 8.32. The third-order valence-electron chi connectivity index (χ3n) is 1.85. The summed E-state index contributed by atoms with van der Waals surface area (Å²) in [5.41, 5.74) is 7.75. The molecule has 0 saturated carbocycles. The number of allylic oxidation sites excluding steroid dienone is 1. The Bertz CT molecular complexity index is 241. The molecule has 0 bridgehead atoms. The molecule has 0 fully saturated rings. The van der Waals surface area contributed by atoms with Crippen molar-refractivity contribution in [2.24, 2.45) is 0 Å². The molecule has 2 nitrogen and oxygen atoms in total. The van der Waals surface area contributed by atoms with Gasteiger partial charge in [0.1, 0.15) is 0 Å². The fourth-order valence-corrected chi connectivity index (χ4v) is 1.13. The first-order chi connectivity index (χ1) is 6.83. The molecule has 0 aliphatic heterocycles. The zero-order valence-corrected chi connectivity index (χ0v) is 8.74. The maximum Gasteiger partial charge on any atom is 0.0319 e. The smallest absolute Gasteiger partial charge is 0.0319 e. The summed E-state index contributed by atoms with van der Waals surface area (Å²) in [6.07, 6.45) is 5.33. The SMILES string of the molecule is C=CCCCc1ccc(N)cc1.CO. The van der Waals surface area contributed by atoms with Crippen LogP contribution >= 0.6 is 0 Å². The predicted octanol–water partition coefficient (Wildman–Crippen LogP) is 2.39. The molecule has 1 aromatic carbocycles. The topological polar surface area (TPSA) is 46.2 Å². The van der Waals surface area contributed by atoms with E-state index in [0.717, 1.165) is 25.6 Å². The van der Waals surface area contributed by atoms with Crippen molar-refractivity contribution in [2.45, 2.75) is 19.3 Å². The Morgan fingerprint density at radius 1 is 1.29 bits per heavy atom. The van der Waals surface area contributed by atoms with Crippen molar-refractivity contribution in [1.82, 2.24) is 0 Å². The number of aliphatic hydroxyl groups excluding tert-OH is 1. The van der Waals surface area contributed by atoms with Gasteiger partial charge in [0.15, 0.2) is 0 Å². The minimum Gasteiger partial charge on any atom is -0.400 e. The highest BCUT2D eigenvalue weighted by Crippen LogP contribution is 2.08. The van der Waals surface area contributed by atoms with E-state index in [1.165, 1.54) is 12.0 Å². The third-order valence-corrected chi connectivity index (χ3v) is 1.85. The highest BCUT2D eigenvalue weighted by molar-refractivity contribution is 5.39. The average Bonchev–Trinajstić information content (AvgIpc) is 2.24. The Morgan fingerprint density at radius 3 is 2.36 bits per heavy atom. The van der Waals surface area contributed by atoms with Gasteiger partial charge in [-0.25, -0.2) is 0 Å². The lowest BCUT2D eigenvalue weighted by Crippen LogP contribution is -1.87. The molecule has 0 aromatic heterocycles. The van der Waals surface area contributed by atoms with Gasteiger partial charge < -0.3 is 10.8 Å². The lowest BCUT2D eigenvalue weighted by Gasteiger charge is -1.99. The molecular weight excluding hydrogens is 174 g/mol. The molecule has 0 atom stereocenters. The van der Waals surface area contributed by atoms with E-state index in [-0.39, 0.29) is 0 Å². The maximum atomic E-state index is 7.00. The fourth-order valence-electron chi connectivity index (χ4n) is 1.13. The molecule has 0 aliphatic rings. The molecule has 0 saturated heterocycles. The van der Waals surface area contributed by atoms with Crippen molar-refractivity contribution in [3.8, 4) is 0 Å². The minimum absolute atomic E-state index is 0.836. The number of hydrogen-bond donors (Lipinski definition) is 2. The summed E-state index contributed by atoms with van der Waals surface area (Å²) in [6, 6.07) is 8.06. The van der Waals surface area contributed by atoms with E-state index < -0.39 is 0 Å². The first-order valence-electron chi connectivity index (χ1n) is 4.73. The van der Waals surface area contributed by atoms with Crippen LogP contribution in [-0.2, 0) is 6.42 Å². The largest absolute Gasteiger partial charge is 0.400 e. The Balaban J connectivity index is 0.000000791. The van der Waals surface area contributed by atoms with Gasteiger partial charge in [0.25, 0.3) is 0 Å². The predicted molar refractivity (Wildman–Crippen MR) is 62.1 cm³/mol. The number of benzene rings is 1. The summed E-state index contributed by atoms with van der Waals surface area (Å²) in [6.45, 7) is 3.69. The number of nitrogens with two attached hydrogens (primary N) is 1. The summed E-state index contributed by atoms with van der Waals surface area (Å²) in [7, 11) is 1.00. The van der Waals surface area contributed by atoms with E-state index in [9.17, 15) is 0 Å². The van der Waals surface area contributed by atoms with Gasteiger partial charge in [0.05, 0.1) is 0 Å². The van der Waals surface area contributed by atoms with Gasteiger partial charge >= 0.3 is 0 Å². The molecule has 0 aliphatic carbocycles. The summed E-state index contributed by atoms with van der Waals surface area (Å²) in [5, 5.41) is 7.00. The van der Waals surface area contributed by atoms with E-state index in [2.05, 4.69) is 18.7 Å². The zero-order valence-electron chi connectivity index (χ0n) is 8.74. The van der Waals surface area contributed by atoms with E-state index in [1.807, 2.05) is 18.2 Å². The van der Waals surface area contributed by atoms with E-state index >= 15 is 0 Å². The first-order valence-corrected chi connectivity index (χ1v) is 4.73. The molecule has 3 N–H and O–H groups in total. The molecular formula is C12H19NO. The number of rotatable bonds is 4. The zero-order chi connectivity index (χ0) is 10.8. The van der Waals surface area contributed by atoms with Gasteiger partial charge in [-0.3, -0.25) is 0 Å². The van der Waals surface area contributed by atoms with Crippen LogP contribution < -0.4 is 5.73 Å². The summed E-state index contributed by atoms with van der Waals surface area (Å²) >= 11 is 0. The van der Waals surface area contributed by atoms with Gasteiger partial charge in [-0.05, 0) is 37.0 Å². The Kier molecular flexibility index (Phi) is 7.56. The minimum atomic E-state index is 0.836. The van der Waals surface area contributed by atoms with Crippen LogP contribution in [0, 0.1) is 0 Å². The van der Waals surface area contributed by atoms with Gasteiger partial charge in [-0.2, -0.15) is 0 Å². The number of hydrogen-bond acceptors (Lipinski definition) is 2. The average molecular weight is 193 g/mol. The molecule has 0 radical (unpaired) electrons. The van der Waals surface area contributed by atoms with Crippen molar-refractivity contribution < 1.29 is 5.11 Å². The highest BCUT2D eigenvalue weighted by Gasteiger charge is 1.90. The van der Waals surface area contributed by atoms with Crippen molar-refractivity contribution in [1.29, 1.82) is 0 Å². The summed E-state index contributed by atoms with van der Waals surface area (Å²) in [4.78, 5) is 0. The van der Waals surface area contributed by atoms with Gasteiger partial charge in [-0.1, -0.05) is 18.2 Å². The number of unbranched alkanes of at least 4 members (excludes halogenated alkanes) is 1. The van der Waals surface area contributed by atoms with Crippen LogP contribution in [0.3, 0.4) is 0 Å². The van der Waals surface area contributed by atoms with Crippen LogP contribution in [0.4, 0.5) is 5.69 Å². The number of aryl methyl sites for hydroxylation is 1. The molecule has 0 heterocycles. The standard InChI is InChI=1S/C11H15N.CH4O/c1-2-3-4-5-10-6-8-11(12)9-7-10;1-2/h2,6-9H,1,3-5,12H2;2H,1H3. The number of anilines is 1. The fraction of sp³-hybridized carbons (Fsp3) is 0.333. The lowest BCUT2D eigenvalue weighted by molar-refractivity contribution is 0.399. The first kappa shape index (κ1) is 12.7. The molecule has 1 aromatic rings. The van der Waals surface area contributed by atoms with Crippen LogP contribution in [0.15, 0.2) is 36.9 Å². The molecule has 2 heteroatoms. The Morgan fingerprint density at radius 2 is 1.86 bits per heavy atom. The third kappa shape index (κ3) is 5.38. The Labute approximate surface area is 86.1 Å². The quantitative estimate of drug-likeness (QED) is 0.438. The van der Waals surface area contributed by atoms with Crippen LogP contribution in [-0.4, -0.2) is 12.2 Å². The van der Waals surface area contributed by atoms with Crippen LogP contribution in [0.5, 0.6) is 0 Å². The molecule has 0 unspecified atom stereocenters. The second-order valence-corrected chi connectivity index (χ2v) is 2.92. The molecule has 1 rings (SSSR count). The van der Waals surface area contributed by atoms with E-state index in [0.29, 0.717) is 0 Å². The van der Waals surface area contributed by atoms with E-state index in [1.54, 1.807) is 0 Å². The Hall–Kier alpha value is -1.28. The lowest BCUT2D eigenvalue weighted by atomic mass is 10.1. The van der Waals surface area contributed by atoms with Crippen LogP contribution in [0.1, 0.15) is 18.4 Å². The molecule has 14 heavy (non-hydrogen) atoms. The molecule has 0 amide bonds. The normalized spacial score (nSPS) is 8.71. The van der Waals surface area contributed by atoms with Crippen LogP contribution in [0.25, 0.3) is 0 Å². The van der Waals surface area contributed by atoms with Crippen molar-refractivity contribution in [2.75, 3.05) is 12.8 Å². The highest BCUT2D eigenvalue weighted by atomic mass is 16.2. The molecule has 0 spiro atoms. The van der Waals surface area contributed by atoms with Crippen molar-refractivity contribution >= 4 is 5.69 Å². The molecule has 78 valence electrons. The van der Waals surface area contributed by atoms with Gasteiger partial charge in [-0.15, -0.1) is 6.58 Å². The van der Waals surface area contributed by atoms with Gasteiger partial charge in [0, 0.05) is 12.8 Å². The van der Waals surface area contributed by atoms with Crippen LogP contribution in [0.2, 0.25) is 0 Å². The summed E-state index contributed by atoms with van der Waals surface area (Å²) in [5.74, 6) is 0. The number of nitrogen functional groups attached to an aromatic ring is 1. The summed E-state index contributed by atoms with van der Waals surface area (Å²) < 4.78 is 0. The monoisotopic (exact) mass is 193 g/mol. The van der Waals surface area contributed by atoms with Gasteiger partial charge in [0.2, 0.25) is 0 Å².